The van der Waals surface area contributed by atoms with E-state index in [1.165, 1.54) is 0 Å². The first-order valence-corrected chi connectivity index (χ1v) is 9.31. The average Bonchev–Trinajstić information content (AvgIpc) is 2.79. The van der Waals surface area contributed by atoms with E-state index in [9.17, 15) is 14.4 Å². The lowest BCUT2D eigenvalue weighted by Gasteiger charge is -2.29. The van der Waals surface area contributed by atoms with Crippen LogP contribution in [0.15, 0.2) is 18.2 Å². The highest BCUT2D eigenvalue weighted by Gasteiger charge is 2.39. The molecule has 2 N–H and O–H groups in total. The molecule has 7 nitrogen and oxygen atoms in total. The Bertz CT molecular complexity index is 740. The Labute approximate surface area is 152 Å². The number of benzene rings is 1. The van der Waals surface area contributed by atoms with E-state index < -0.39 is 6.04 Å². The number of rotatable bonds is 3. The zero-order valence-corrected chi connectivity index (χ0v) is 14.8. The van der Waals surface area contributed by atoms with E-state index in [1.54, 1.807) is 4.90 Å². The number of nitrogens with one attached hydrogen (secondary N) is 2. The van der Waals surface area contributed by atoms with Gasteiger partial charge in [-0.15, -0.1) is 0 Å². The zero-order valence-electron chi connectivity index (χ0n) is 14.8. The van der Waals surface area contributed by atoms with Gasteiger partial charge in [0.1, 0.15) is 6.04 Å². The number of fused-ring (bicyclic) bond motifs is 1. The zero-order chi connectivity index (χ0) is 18.1. The van der Waals surface area contributed by atoms with Crippen LogP contribution in [0.25, 0.3) is 0 Å². The molecule has 1 aromatic carbocycles. The summed E-state index contributed by atoms with van der Waals surface area (Å²) in [5, 5.41) is 5.74. The van der Waals surface area contributed by atoms with Crippen molar-refractivity contribution in [1.29, 1.82) is 0 Å². The number of hydrogen-bond donors (Lipinski definition) is 2. The quantitative estimate of drug-likeness (QED) is 0.759. The molecule has 2 fully saturated rings. The minimum absolute atomic E-state index is 0.103. The molecule has 0 bridgehead atoms. The van der Waals surface area contributed by atoms with Crippen molar-refractivity contribution in [2.45, 2.75) is 38.4 Å². The fourth-order valence-electron chi connectivity index (χ4n) is 4.02. The molecule has 138 valence electrons. The highest BCUT2D eigenvalue weighted by Crippen LogP contribution is 2.28. The topological polar surface area (TPSA) is 81.8 Å². The van der Waals surface area contributed by atoms with Gasteiger partial charge in [0.25, 0.3) is 5.91 Å². The summed E-state index contributed by atoms with van der Waals surface area (Å²) in [6.45, 7) is 5.39. The van der Waals surface area contributed by atoms with Crippen molar-refractivity contribution >= 4 is 17.7 Å². The number of carbonyl (C=O) groups excluding carboxylic acids is 3. The monoisotopic (exact) mass is 356 g/mol. The summed E-state index contributed by atoms with van der Waals surface area (Å²) < 4.78 is 0. The van der Waals surface area contributed by atoms with Crippen LogP contribution in [0, 0.1) is 0 Å². The van der Waals surface area contributed by atoms with Gasteiger partial charge in [-0.3, -0.25) is 24.6 Å². The SMILES string of the molecule is O=C1CCC(N2Cc3ccc(CN4CCCNCC4)cc3C2=O)C(=O)N1. The van der Waals surface area contributed by atoms with Gasteiger partial charge in [0.05, 0.1) is 0 Å². The first kappa shape index (κ1) is 17.2. The van der Waals surface area contributed by atoms with Gasteiger partial charge in [0.2, 0.25) is 11.8 Å². The predicted octanol–water partition coefficient (Wildman–Crippen LogP) is 0.243. The van der Waals surface area contributed by atoms with Crippen LogP contribution in [0.2, 0.25) is 0 Å². The summed E-state index contributed by atoms with van der Waals surface area (Å²) in [5.74, 6) is -0.724. The van der Waals surface area contributed by atoms with E-state index in [0.717, 1.165) is 50.3 Å². The number of piperidine rings is 1. The van der Waals surface area contributed by atoms with Crippen LogP contribution in [0.5, 0.6) is 0 Å². The Balaban J connectivity index is 1.48. The van der Waals surface area contributed by atoms with Gasteiger partial charge in [-0.05, 0) is 43.1 Å². The maximum atomic E-state index is 12.9. The summed E-state index contributed by atoms with van der Waals surface area (Å²) in [5.41, 5.74) is 2.78. The average molecular weight is 356 g/mol. The van der Waals surface area contributed by atoms with Gasteiger partial charge in [-0.25, -0.2) is 0 Å². The molecule has 0 spiro atoms. The molecule has 3 amide bonds. The van der Waals surface area contributed by atoms with Gasteiger partial charge in [0, 0.05) is 38.2 Å². The molecular weight excluding hydrogens is 332 g/mol. The summed E-state index contributed by atoms with van der Waals surface area (Å²) in [6.07, 6.45) is 1.82. The number of imide groups is 1. The lowest BCUT2D eigenvalue weighted by molar-refractivity contribution is -0.136. The smallest absolute Gasteiger partial charge is 0.255 e. The normalized spacial score (nSPS) is 24.4. The number of amides is 3. The maximum Gasteiger partial charge on any atom is 0.255 e. The van der Waals surface area contributed by atoms with Gasteiger partial charge in [0.15, 0.2) is 0 Å². The van der Waals surface area contributed by atoms with Crippen molar-refractivity contribution in [3.8, 4) is 0 Å². The molecule has 3 aliphatic rings. The summed E-state index contributed by atoms with van der Waals surface area (Å²) >= 11 is 0. The van der Waals surface area contributed by atoms with Crippen LogP contribution >= 0.6 is 0 Å². The highest BCUT2D eigenvalue weighted by atomic mass is 16.2. The van der Waals surface area contributed by atoms with Crippen molar-refractivity contribution in [2.75, 3.05) is 26.2 Å². The molecule has 0 radical (unpaired) electrons. The van der Waals surface area contributed by atoms with Crippen LogP contribution in [-0.2, 0) is 22.7 Å². The van der Waals surface area contributed by atoms with Gasteiger partial charge >= 0.3 is 0 Å². The second-order valence-corrected chi connectivity index (χ2v) is 7.27. The Hall–Kier alpha value is -2.25. The van der Waals surface area contributed by atoms with E-state index >= 15 is 0 Å². The highest BCUT2D eigenvalue weighted by molar-refractivity contribution is 6.05. The molecule has 3 aliphatic heterocycles. The molecule has 4 rings (SSSR count). The first-order chi connectivity index (χ1) is 12.6. The van der Waals surface area contributed by atoms with Crippen LogP contribution < -0.4 is 10.6 Å². The maximum absolute atomic E-state index is 12.9. The van der Waals surface area contributed by atoms with Crippen molar-refractivity contribution < 1.29 is 14.4 Å². The van der Waals surface area contributed by atoms with E-state index in [2.05, 4.69) is 21.6 Å². The molecular formula is C19H24N4O3. The van der Waals surface area contributed by atoms with Gasteiger partial charge in [-0.1, -0.05) is 12.1 Å². The minimum atomic E-state index is -0.548. The minimum Gasteiger partial charge on any atom is -0.322 e. The van der Waals surface area contributed by atoms with Gasteiger partial charge < -0.3 is 10.2 Å². The standard InChI is InChI=1S/C19H24N4O3/c24-17-5-4-16(18(25)21-17)23-12-14-3-2-13(10-15(14)19(23)26)11-22-8-1-6-20-7-9-22/h2-3,10,16,20H,1,4-9,11-12H2,(H,21,24,25). The number of nitrogens with zero attached hydrogens (tertiary/aromatic N) is 2. The van der Waals surface area contributed by atoms with Crippen molar-refractivity contribution in [3.05, 3.63) is 34.9 Å². The molecule has 1 unspecified atom stereocenters. The van der Waals surface area contributed by atoms with Crippen LogP contribution in [-0.4, -0.2) is 59.7 Å². The van der Waals surface area contributed by atoms with Crippen molar-refractivity contribution in [2.24, 2.45) is 0 Å². The van der Waals surface area contributed by atoms with Crippen molar-refractivity contribution in [3.63, 3.8) is 0 Å². The van der Waals surface area contributed by atoms with E-state index in [-0.39, 0.29) is 24.1 Å². The molecule has 1 aromatic rings. The van der Waals surface area contributed by atoms with E-state index in [0.29, 0.717) is 18.5 Å². The van der Waals surface area contributed by atoms with Gasteiger partial charge in [-0.2, -0.15) is 0 Å². The summed E-state index contributed by atoms with van der Waals surface area (Å²) in [4.78, 5) is 40.3. The Morgan fingerprint density at radius 1 is 1.12 bits per heavy atom. The number of carbonyl (C=O) groups is 3. The fourth-order valence-corrected chi connectivity index (χ4v) is 4.02. The first-order valence-electron chi connectivity index (χ1n) is 9.31. The molecule has 7 heteroatoms. The third-order valence-corrected chi connectivity index (χ3v) is 5.43. The summed E-state index contributed by atoms with van der Waals surface area (Å²) in [6, 6.07) is 5.51. The Morgan fingerprint density at radius 3 is 2.85 bits per heavy atom. The molecule has 1 atom stereocenters. The third kappa shape index (κ3) is 3.37. The molecule has 26 heavy (non-hydrogen) atoms. The lowest BCUT2D eigenvalue weighted by Crippen LogP contribution is -2.52. The van der Waals surface area contributed by atoms with Crippen LogP contribution in [0.1, 0.15) is 40.7 Å². The largest absolute Gasteiger partial charge is 0.322 e. The Morgan fingerprint density at radius 2 is 2.00 bits per heavy atom. The molecule has 0 aliphatic carbocycles. The second-order valence-electron chi connectivity index (χ2n) is 7.27. The molecule has 0 saturated carbocycles. The number of hydrogen-bond acceptors (Lipinski definition) is 5. The van der Waals surface area contributed by atoms with Crippen LogP contribution in [0.4, 0.5) is 0 Å². The van der Waals surface area contributed by atoms with Crippen molar-refractivity contribution in [1.82, 2.24) is 20.4 Å². The third-order valence-electron chi connectivity index (χ3n) is 5.43. The summed E-state index contributed by atoms with van der Waals surface area (Å²) in [7, 11) is 0. The lowest BCUT2D eigenvalue weighted by atomic mass is 10.0. The fraction of sp³-hybridized carbons (Fsp3) is 0.526. The predicted molar refractivity (Wildman–Crippen MR) is 95.3 cm³/mol. The molecule has 2 saturated heterocycles. The van der Waals surface area contributed by atoms with E-state index in [1.807, 2.05) is 12.1 Å². The molecule has 3 heterocycles. The van der Waals surface area contributed by atoms with E-state index in [4.69, 9.17) is 0 Å². The second kappa shape index (κ2) is 7.17. The van der Waals surface area contributed by atoms with Crippen LogP contribution in [0.3, 0.4) is 0 Å². The molecule has 0 aromatic heterocycles. The Kier molecular flexibility index (Phi) is 4.74.